The molecule has 0 saturated heterocycles. The molecule has 0 aliphatic heterocycles. The largest absolute Gasteiger partial charge is 0.573 e. The van der Waals surface area contributed by atoms with E-state index in [9.17, 15) is 23.3 Å². The van der Waals surface area contributed by atoms with E-state index in [4.69, 9.17) is 4.65 Å². The van der Waals surface area contributed by atoms with Gasteiger partial charge in [-0.05, 0) is 45.4 Å². The molecule has 1 aromatic rings. The van der Waals surface area contributed by atoms with Crippen LogP contribution in [0.25, 0.3) is 0 Å². The van der Waals surface area contributed by atoms with Gasteiger partial charge >= 0.3 is 13.5 Å². The fourth-order valence-electron chi connectivity index (χ4n) is 1.55. The van der Waals surface area contributed by atoms with E-state index in [2.05, 4.69) is 4.74 Å². The summed E-state index contributed by atoms with van der Waals surface area (Å²) in [4.78, 5) is 0. The van der Waals surface area contributed by atoms with Crippen LogP contribution in [-0.4, -0.2) is 34.8 Å². The monoisotopic (exact) mass is 320 g/mol. The minimum absolute atomic E-state index is 0.0752. The fourth-order valence-corrected chi connectivity index (χ4v) is 1.55. The van der Waals surface area contributed by atoms with Crippen molar-refractivity contribution in [1.82, 2.24) is 0 Å². The molecule has 0 saturated carbocycles. The van der Waals surface area contributed by atoms with E-state index in [0.29, 0.717) is 5.56 Å². The maximum Gasteiger partial charge on any atom is 0.573 e. The van der Waals surface area contributed by atoms with Crippen molar-refractivity contribution in [1.29, 1.82) is 0 Å². The summed E-state index contributed by atoms with van der Waals surface area (Å²) < 4.78 is 45.3. The zero-order valence-electron chi connectivity index (χ0n) is 12.9. The smallest absolute Gasteiger partial charge is 0.427 e. The zero-order chi connectivity index (χ0) is 17.2. The van der Waals surface area contributed by atoms with Gasteiger partial charge in [0.2, 0.25) is 0 Å². The van der Waals surface area contributed by atoms with Crippen LogP contribution in [0.4, 0.5) is 13.2 Å². The third kappa shape index (κ3) is 5.86. The summed E-state index contributed by atoms with van der Waals surface area (Å²) in [6.07, 6.45) is -4.66. The lowest BCUT2D eigenvalue weighted by molar-refractivity contribution is -0.274. The van der Waals surface area contributed by atoms with E-state index in [1.807, 2.05) is 0 Å². The Morgan fingerprint density at radius 2 is 1.55 bits per heavy atom. The number of ether oxygens (including phenoxy) is 1. The number of aliphatic hydroxyl groups is 1. The van der Waals surface area contributed by atoms with Gasteiger partial charge in [-0.3, -0.25) is 0 Å². The van der Waals surface area contributed by atoms with Crippen molar-refractivity contribution >= 4 is 7.12 Å². The molecule has 0 aromatic heterocycles. The Morgan fingerprint density at radius 1 is 1.05 bits per heavy atom. The fraction of sp³-hybridized carbons (Fsp3) is 0.571. The van der Waals surface area contributed by atoms with Gasteiger partial charge in [0.05, 0.1) is 11.2 Å². The molecule has 0 amide bonds. The van der Waals surface area contributed by atoms with Gasteiger partial charge in [0, 0.05) is 6.32 Å². The average molecular weight is 320 g/mol. The second-order valence-electron chi connectivity index (χ2n) is 6.04. The van der Waals surface area contributed by atoms with Gasteiger partial charge in [0.1, 0.15) is 5.75 Å². The van der Waals surface area contributed by atoms with Crippen LogP contribution < -0.4 is 4.74 Å². The van der Waals surface area contributed by atoms with Crippen molar-refractivity contribution in [3.05, 3.63) is 29.8 Å². The maximum atomic E-state index is 12.0. The Bertz CT molecular complexity index is 480. The summed E-state index contributed by atoms with van der Waals surface area (Å²) in [6, 6.07) is 5.14. The molecule has 1 aromatic carbocycles. The van der Waals surface area contributed by atoms with Crippen molar-refractivity contribution in [2.75, 3.05) is 0 Å². The quantitative estimate of drug-likeness (QED) is 0.791. The second-order valence-corrected chi connectivity index (χ2v) is 6.04. The molecule has 0 atom stereocenters. The molecule has 0 spiro atoms. The molecule has 22 heavy (non-hydrogen) atoms. The summed E-state index contributed by atoms with van der Waals surface area (Å²) in [5.74, 6) is -0.330. The summed E-state index contributed by atoms with van der Waals surface area (Å²) in [6.45, 7) is 6.39. The Hall–Kier alpha value is -1.25. The minimum atomic E-state index is -4.74. The van der Waals surface area contributed by atoms with E-state index < -0.39 is 24.7 Å². The molecule has 1 rings (SSSR count). The first-order valence-corrected chi connectivity index (χ1v) is 6.73. The van der Waals surface area contributed by atoms with E-state index in [0.717, 1.165) is 12.1 Å². The average Bonchev–Trinajstić information content (AvgIpc) is 2.27. The van der Waals surface area contributed by atoms with E-state index in [-0.39, 0.29) is 12.1 Å². The third-order valence-corrected chi connectivity index (χ3v) is 3.47. The van der Waals surface area contributed by atoms with E-state index in [1.54, 1.807) is 27.7 Å². The minimum Gasteiger partial charge on any atom is -0.427 e. The van der Waals surface area contributed by atoms with Crippen LogP contribution in [-0.2, 0) is 11.0 Å². The Kier molecular flexibility index (Phi) is 5.54. The number of benzene rings is 1. The van der Waals surface area contributed by atoms with Crippen LogP contribution in [0.5, 0.6) is 5.75 Å². The normalized spacial score (nSPS) is 13.1. The lowest BCUT2D eigenvalue weighted by atomic mass is 9.78. The van der Waals surface area contributed by atoms with Gasteiger partial charge in [-0.25, -0.2) is 0 Å². The van der Waals surface area contributed by atoms with E-state index >= 15 is 0 Å². The van der Waals surface area contributed by atoms with Crippen LogP contribution in [0.3, 0.4) is 0 Å². The summed E-state index contributed by atoms with van der Waals surface area (Å²) >= 11 is 0. The van der Waals surface area contributed by atoms with Crippen molar-refractivity contribution in [2.45, 2.75) is 51.6 Å². The van der Waals surface area contributed by atoms with E-state index in [1.165, 1.54) is 12.1 Å². The molecule has 124 valence electrons. The number of hydrogen-bond acceptors (Lipinski definition) is 4. The number of rotatable bonds is 6. The van der Waals surface area contributed by atoms with Crippen molar-refractivity contribution in [3.8, 4) is 5.75 Å². The van der Waals surface area contributed by atoms with Crippen molar-refractivity contribution in [2.24, 2.45) is 0 Å². The Labute approximate surface area is 128 Å². The first-order valence-electron chi connectivity index (χ1n) is 6.73. The molecule has 0 fully saturated rings. The number of halogens is 3. The lowest BCUT2D eigenvalue weighted by Crippen LogP contribution is -2.50. The molecule has 0 radical (unpaired) electrons. The molecule has 8 heteroatoms. The molecule has 0 aliphatic rings. The van der Waals surface area contributed by atoms with Gasteiger partial charge in [-0.1, -0.05) is 12.1 Å². The third-order valence-electron chi connectivity index (χ3n) is 3.47. The maximum absolute atomic E-state index is 12.0. The Balaban J connectivity index is 2.64. The molecular weight excluding hydrogens is 300 g/mol. The molecule has 0 aliphatic carbocycles. The number of alkyl halides is 3. The molecule has 4 nitrogen and oxygen atoms in total. The molecule has 0 heterocycles. The van der Waals surface area contributed by atoms with Crippen molar-refractivity contribution in [3.63, 3.8) is 0 Å². The van der Waals surface area contributed by atoms with Gasteiger partial charge in [-0.2, -0.15) is 0 Å². The highest BCUT2D eigenvalue weighted by Crippen LogP contribution is 2.26. The molecule has 2 N–H and O–H groups in total. The standard InChI is InChI=1S/C14H20BF3O4/c1-12(2,19)13(3,4)22-15(20)9-10-5-7-11(8-6-10)21-14(16,17)18/h5-8,19-20H,9H2,1-4H3. The highest BCUT2D eigenvalue weighted by atomic mass is 19.4. The highest BCUT2D eigenvalue weighted by molar-refractivity contribution is 6.42. The van der Waals surface area contributed by atoms with Crippen LogP contribution in [0.1, 0.15) is 33.3 Å². The molecule has 0 unspecified atom stereocenters. The first-order chi connectivity index (χ1) is 9.80. The van der Waals surface area contributed by atoms with Crippen LogP contribution >= 0.6 is 0 Å². The van der Waals surface area contributed by atoms with Crippen molar-refractivity contribution < 1.29 is 32.7 Å². The molecule has 0 bridgehead atoms. The van der Waals surface area contributed by atoms with Gasteiger partial charge in [-0.15, -0.1) is 13.2 Å². The summed E-state index contributed by atoms with van der Waals surface area (Å²) in [7, 11) is -1.20. The second kappa shape index (κ2) is 6.48. The molecular formula is C14H20BF3O4. The lowest BCUT2D eigenvalue weighted by Gasteiger charge is -2.38. The first kappa shape index (κ1) is 18.8. The predicted octanol–water partition coefficient (Wildman–Crippen LogP) is 2.71. The Morgan fingerprint density at radius 3 is 1.95 bits per heavy atom. The zero-order valence-corrected chi connectivity index (χ0v) is 12.9. The topological polar surface area (TPSA) is 58.9 Å². The number of hydrogen-bond donors (Lipinski definition) is 2. The van der Waals surface area contributed by atoms with Gasteiger partial charge in [0.15, 0.2) is 0 Å². The summed E-state index contributed by atoms with van der Waals surface area (Å²) in [5, 5.41) is 19.9. The summed E-state index contributed by atoms with van der Waals surface area (Å²) in [5.41, 5.74) is -1.59. The van der Waals surface area contributed by atoms with Crippen LogP contribution in [0.2, 0.25) is 0 Å². The van der Waals surface area contributed by atoms with Gasteiger partial charge < -0.3 is 19.5 Å². The van der Waals surface area contributed by atoms with Crippen LogP contribution in [0.15, 0.2) is 24.3 Å². The highest BCUT2D eigenvalue weighted by Gasteiger charge is 2.38. The predicted molar refractivity (Wildman–Crippen MR) is 76.3 cm³/mol. The van der Waals surface area contributed by atoms with Crippen LogP contribution in [0, 0.1) is 0 Å². The van der Waals surface area contributed by atoms with Gasteiger partial charge in [0.25, 0.3) is 0 Å². The SMILES string of the molecule is CC(C)(O)C(C)(C)OB(O)Cc1ccc(OC(F)(F)F)cc1.